The fourth-order valence-corrected chi connectivity index (χ4v) is 5.82. The van der Waals surface area contributed by atoms with Crippen molar-refractivity contribution in [2.75, 3.05) is 17.6 Å². The summed E-state index contributed by atoms with van der Waals surface area (Å²) < 4.78 is 33.2. The molecule has 0 atom stereocenters. The van der Waals surface area contributed by atoms with E-state index in [4.69, 9.17) is 10.3 Å². The standard InChI is InChI=1S/C20H24N6O4S/c1-11-16(12(2)30-25-11)31(28,29)26-9-14-17(20(3,4)10-26)23-24-18(14)22-19(27)13-7-5-6-8-15(13)21/h5-8H,9-10,21H2,1-4H3,(H2,22,23,24,27). The Morgan fingerprint density at radius 1 is 1.29 bits per heavy atom. The van der Waals surface area contributed by atoms with Crippen LogP contribution in [0, 0.1) is 13.8 Å². The van der Waals surface area contributed by atoms with Crippen LogP contribution in [0.2, 0.25) is 0 Å². The van der Waals surface area contributed by atoms with E-state index in [1.165, 1.54) is 4.31 Å². The van der Waals surface area contributed by atoms with E-state index in [1.807, 2.05) is 13.8 Å². The number of aromatic nitrogens is 3. The molecule has 1 aromatic carbocycles. The van der Waals surface area contributed by atoms with Crippen molar-refractivity contribution in [1.82, 2.24) is 19.7 Å². The molecule has 4 rings (SSSR count). The molecule has 0 aliphatic carbocycles. The topological polar surface area (TPSA) is 147 Å². The number of carbonyl (C=O) groups is 1. The molecule has 0 fully saturated rings. The van der Waals surface area contributed by atoms with Gasteiger partial charge < -0.3 is 15.6 Å². The summed E-state index contributed by atoms with van der Waals surface area (Å²) in [4.78, 5) is 12.8. The van der Waals surface area contributed by atoms with E-state index in [1.54, 1.807) is 38.1 Å². The van der Waals surface area contributed by atoms with Crippen molar-refractivity contribution in [1.29, 1.82) is 0 Å². The molecule has 0 bridgehead atoms. The zero-order valence-corrected chi connectivity index (χ0v) is 18.5. The van der Waals surface area contributed by atoms with Crippen LogP contribution in [0.4, 0.5) is 11.5 Å². The lowest BCUT2D eigenvalue weighted by Crippen LogP contribution is -2.45. The predicted octanol–water partition coefficient (Wildman–Crippen LogP) is 2.33. The van der Waals surface area contributed by atoms with E-state index < -0.39 is 21.3 Å². The Labute approximate surface area is 179 Å². The molecule has 164 valence electrons. The summed E-state index contributed by atoms with van der Waals surface area (Å²) in [6.07, 6.45) is 0. The second kappa shape index (κ2) is 7.20. The number of benzene rings is 1. The summed E-state index contributed by atoms with van der Waals surface area (Å²) >= 11 is 0. The van der Waals surface area contributed by atoms with Crippen molar-refractivity contribution < 1.29 is 17.7 Å². The minimum atomic E-state index is -3.87. The first kappa shape index (κ1) is 21.1. The van der Waals surface area contributed by atoms with Gasteiger partial charge in [0.25, 0.3) is 5.91 Å². The van der Waals surface area contributed by atoms with E-state index in [2.05, 4.69) is 20.7 Å². The summed E-state index contributed by atoms with van der Waals surface area (Å²) in [5.74, 6) is 0.0901. The summed E-state index contributed by atoms with van der Waals surface area (Å²) in [7, 11) is -3.87. The van der Waals surface area contributed by atoms with Gasteiger partial charge in [0.2, 0.25) is 10.0 Å². The number of hydrogen-bond donors (Lipinski definition) is 3. The van der Waals surface area contributed by atoms with E-state index in [-0.39, 0.29) is 29.6 Å². The maximum atomic E-state index is 13.4. The van der Waals surface area contributed by atoms with Gasteiger partial charge >= 0.3 is 0 Å². The number of anilines is 2. The number of hydrogen-bond acceptors (Lipinski definition) is 7. The van der Waals surface area contributed by atoms with E-state index in [0.717, 1.165) is 5.69 Å². The van der Waals surface area contributed by atoms with Crippen LogP contribution in [0.5, 0.6) is 0 Å². The van der Waals surface area contributed by atoms with Gasteiger partial charge in [-0.25, -0.2) is 8.42 Å². The second-order valence-electron chi connectivity index (χ2n) is 8.28. The van der Waals surface area contributed by atoms with Crippen LogP contribution in [0.3, 0.4) is 0 Å². The number of nitrogens with zero attached hydrogens (tertiary/aromatic N) is 3. The average molecular weight is 445 g/mol. The molecule has 31 heavy (non-hydrogen) atoms. The normalized spacial score (nSPS) is 16.1. The van der Waals surface area contributed by atoms with Gasteiger partial charge in [-0.1, -0.05) is 31.1 Å². The van der Waals surface area contributed by atoms with Gasteiger partial charge in [-0.05, 0) is 26.0 Å². The van der Waals surface area contributed by atoms with Crippen LogP contribution < -0.4 is 11.1 Å². The van der Waals surface area contributed by atoms with Crippen LogP contribution in [-0.4, -0.2) is 40.5 Å². The molecule has 1 aliphatic heterocycles. The van der Waals surface area contributed by atoms with Gasteiger partial charge in [-0.15, -0.1) is 0 Å². The third kappa shape index (κ3) is 3.49. The summed E-state index contributed by atoms with van der Waals surface area (Å²) in [6, 6.07) is 6.70. The number of H-pyrrole nitrogens is 1. The number of nitrogens with one attached hydrogen (secondary N) is 2. The maximum absolute atomic E-state index is 13.4. The number of rotatable bonds is 4. The van der Waals surface area contributed by atoms with E-state index >= 15 is 0 Å². The first-order chi connectivity index (χ1) is 14.5. The molecule has 4 N–H and O–H groups in total. The molecule has 0 radical (unpaired) electrons. The Morgan fingerprint density at radius 3 is 2.65 bits per heavy atom. The van der Waals surface area contributed by atoms with Crippen LogP contribution in [0.25, 0.3) is 0 Å². The quantitative estimate of drug-likeness (QED) is 0.523. The SMILES string of the molecule is Cc1noc(C)c1S(=O)(=O)N1Cc2c(NC(=O)c3ccccc3N)n[nH]c2C(C)(C)C1. The highest BCUT2D eigenvalue weighted by Crippen LogP contribution is 2.38. The largest absolute Gasteiger partial charge is 0.398 e. The van der Waals surface area contributed by atoms with Crippen molar-refractivity contribution in [2.45, 2.75) is 44.6 Å². The lowest BCUT2D eigenvalue weighted by atomic mass is 9.84. The summed E-state index contributed by atoms with van der Waals surface area (Å²) in [5.41, 5.74) is 7.67. The number of carbonyl (C=O) groups excluding carboxylic acids is 1. The van der Waals surface area contributed by atoms with Crippen molar-refractivity contribution in [3.8, 4) is 0 Å². The third-order valence-electron chi connectivity index (χ3n) is 5.45. The molecule has 2 aromatic heterocycles. The van der Waals surface area contributed by atoms with Gasteiger partial charge in [-0.2, -0.15) is 9.40 Å². The Kier molecular flexibility index (Phi) is 4.90. The molecule has 0 unspecified atom stereocenters. The Balaban J connectivity index is 1.71. The van der Waals surface area contributed by atoms with Crippen LogP contribution in [0.1, 0.15) is 46.9 Å². The van der Waals surface area contributed by atoms with Gasteiger partial charge in [0.15, 0.2) is 11.6 Å². The zero-order chi connectivity index (χ0) is 22.6. The fourth-order valence-electron chi connectivity index (χ4n) is 3.96. The number of nitrogen functional groups attached to an aromatic ring is 1. The zero-order valence-electron chi connectivity index (χ0n) is 17.7. The van der Waals surface area contributed by atoms with Crippen LogP contribution in [0.15, 0.2) is 33.7 Å². The number of sulfonamides is 1. The Bertz CT molecular complexity index is 1260. The van der Waals surface area contributed by atoms with E-state index in [0.29, 0.717) is 22.5 Å². The fraction of sp³-hybridized carbons (Fsp3) is 0.350. The molecule has 11 heteroatoms. The Morgan fingerprint density at radius 2 is 2.00 bits per heavy atom. The van der Waals surface area contributed by atoms with E-state index in [9.17, 15) is 13.2 Å². The third-order valence-corrected chi connectivity index (χ3v) is 7.49. The molecule has 3 heterocycles. The van der Waals surface area contributed by atoms with Gasteiger partial charge in [0.1, 0.15) is 10.6 Å². The minimum Gasteiger partial charge on any atom is -0.398 e. The number of aryl methyl sites for hydroxylation is 2. The smallest absolute Gasteiger partial charge is 0.258 e. The molecular formula is C20H24N6O4S. The molecule has 0 saturated heterocycles. The maximum Gasteiger partial charge on any atom is 0.258 e. The van der Waals surface area contributed by atoms with Gasteiger partial charge in [-0.3, -0.25) is 9.89 Å². The predicted molar refractivity (Wildman–Crippen MR) is 114 cm³/mol. The molecular weight excluding hydrogens is 420 g/mol. The molecule has 3 aromatic rings. The first-order valence-corrected chi connectivity index (χ1v) is 11.1. The molecule has 0 saturated carbocycles. The van der Waals surface area contributed by atoms with Crippen molar-refractivity contribution in [3.05, 3.63) is 52.5 Å². The number of para-hydroxylation sites is 1. The summed E-state index contributed by atoms with van der Waals surface area (Å²) in [5, 5.41) is 13.8. The summed E-state index contributed by atoms with van der Waals surface area (Å²) in [6.45, 7) is 7.27. The molecule has 0 spiro atoms. The minimum absolute atomic E-state index is 0.0432. The second-order valence-corrected chi connectivity index (χ2v) is 10.2. The monoisotopic (exact) mass is 444 g/mol. The van der Waals surface area contributed by atoms with Crippen molar-refractivity contribution in [2.24, 2.45) is 0 Å². The first-order valence-electron chi connectivity index (χ1n) is 9.69. The molecule has 1 amide bonds. The number of nitrogens with two attached hydrogens (primary N) is 1. The van der Waals surface area contributed by atoms with Crippen molar-refractivity contribution >= 4 is 27.4 Å². The van der Waals surface area contributed by atoms with Gasteiger partial charge in [0.05, 0.1) is 5.56 Å². The van der Waals surface area contributed by atoms with Crippen LogP contribution in [-0.2, 0) is 22.0 Å². The lowest BCUT2D eigenvalue weighted by Gasteiger charge is -2.36. The average Bonchev–Trinajstić information content (AvgIpc) is 3.25. The highest BCUT2D eigenvalue weighted by Gasteiger charge is 2.42. The molecule has 1 aliphatic rings. The number of fused-ring (bicyclic) bond motifs is 1. The highest BCUT2D eigenvalue weighted by atomic mass is 32.2. The number of aromatic amines is 1. The molecule has 10 nitrogen and oxygen atoms in total. The Hall–Kier alpha value is -3.18. The highest BCUT2D eigenvalue weighted by molar-refractivity contribution is 7.89. The number of amides is 1. The van der Waals surface area contributed by atoms with Crippen LogP contribution >= 0.6 is 0 Å². The lowest BCUT2D eigenvalue weighted by molar-refractivity contribution is 0.102. The van der Waals surface area contributed by atoms with Crippen molar-refractivity contribution in [3.63, 3.8) is 0 Å². The van der Waals surface area contributed by atoms with Gasteiger partial charge in [0, 0.05) is 35.4 Å².